The van der Waals surface area contributed by atoms with Gasteiger partial charge in [0.2, 0.25) is 0 Å². The smallest absolute Gasteiger partial charge is 0.318 e. The molecule has 0 radical (unpaired) electrons. The highest BCUT2D eigenvalue weighted by Crippen LogP contribution is 2.29. The highest BCUT2D eigenvalue weighted by molar-refractivity contribution is 5.89. The Labute approximate surface area is 149 Å². The highest BCUT2D eigenvalue weighted by Gasteiger charge is 2.30. The molecule has 0 bridgehead atoms. The summed E-state index contributed by atoms with van der Waals surface area (Å²) in [6.07, 6.45) is -4.41. The van der Waals surface area contributed by atoms with E-state index < -0.39 is 17.8 Å². The van der Waals surface area contributed by atoms with Gasteiger partial charge in [0, 0.05) is 18.3 Å². The molecule has 2 amide bonds. The lowest BCUT2D eigenvalue weighted by Gasteiger charge is -2.27. The standard InChI is InChI=1S/C19H18F3N3O/c1-13(2)25(12-15-5-3-14(11-23)4-6-15)18(26)24-17-9-7-16(8-10-17)19(20,21)22/h3-10,13H,12H2,1-2H3,(H,24,26). The number of hydrogen-bond acceptors (Lipinski definition) is 2. The van der Waals surface area contributed by atoms with Crippen LogP contribution in [0.2, 0.25) is 0 Å². The number of anilines is 1. The summed E-state index contributed by atoms with van der Waals surface area (Å²) in [5, 5.41) is 11.4. The SMILES string of the molecule is CC(C)N(Cc1ccc(C#N)cc1)C(=O)Nc1ccc(C(F)(F)F)cc1. The topological polar surface area (TPSA) is 56.1 Å². The lowest BCUT2D eigenvalue weighted by molar-refractivity contribution is -0.137. The second-order valence-corrected chi connectivity index (χ2v) is 6.04. The van der Waals surface area contributed by atoms with Gasteiger partial charge in [-0.25, -0.2) is 4.79 Å². The minimum Gasteiger partial charge on any atom is -0.318 e. The molecule has 2 rings (SSSR count). The third-order valence-corrected chi connectivity index (χ3v) is 3.78. The number of alkyl halides is 3. The van der Waals surface area contributed by atoms with Gasteiger partial charge in [-0.15, -0.1) is 0 Å². The first-order chi connectivity index (χ1) is 12.2. The molecule has 0 saturated carbocycles. The number of urea groups is 1. The van der Waals surface area contributed by atoms with Crippen LogP contribution in [-0.4, -0.2) is 17.0 Å². The van der Waals surface area contributed by atoms with Gasteiger partial charge in [0.15, 0.2) is 0 Å². The van der Waals surface area contributed by atoms with Crippen LogP contribution in [0, 0.1) is 11.3 Å². The van der Waals surface area contributed by atoms with Crippen molar-refractivity contribution in [1.82, 2.24) is 4.90 Å². The maximum atomic E-state index is 12.6. The van der Waals surface area contributed by atoms with E-state index in [4.69, 9.17) is 5.26 Å². The first-order valence-corrected chi connectivity index (χ1v) is 7.94. The fourth-order valence-electron chi connectivity index (χ4n) is 2.31. The molecule has 0 fully saturated rings. The average molecular weight is 361 g/mol. The highest BCUT2D eigenvalue weighted by atomic mass is 19.4. The molecule has 0 saturated heterocycles. The summed E-state index contributed by atoms with van der Waals surface area (Å²) in [5.41, 5.74) is 0.890. The van der Waals surface area contributed by atoms with Crippen molar-refractivity contribution in [2.45, 2.75) is 32.6 Å². The van der Waals surface area contributed by atoms with Gasteiger partial charge in [-0.05, 0) is 55.8 Å². The molecule has 136 valence electrons. The Morgan fingerprint density at radius 2 is 1.69 bits per heavy atom. The Hall–Kier alpha value is -3.01. The molecular weight excluding hydrogens is 343 g/mol. The Balaban J connectivity index is 2.09. The molecule has 0 aliphatic heterocycles. The van der Waals surface area contributed by atoms with Crippen molar-refractivity contribution in [3.63, 3.8) is 0 Å². The Bertz CT molecular complexity index is 791. The number of nitriles is 1. The van der Waals surface area contributed by atoms with Crippen LogP contribution in [0.25, 0.3) is 0 Å². The van der Waals surface area contributed by atoms with Crippen LogP contribution < -0.4 is 5.32 Å². The summed E-state index contributed by atoms with van der Waals surface area (Å²) >= 11 is 0. The van der Waals surface area contributed by atoms with Gasteiger partial charge >= 0.3 is 12.2 Å². The molecule has 0 unspecified atom stereocenters. The Kier molecular flexibility index (Phi) is 5.88. The van der Waals surface area contributed by atoms with Crippen molar-refractivity contribution in [3.8, 4) is 6.07 Å². The van der Waals surface area contributed by atoms with Crippen LogP contribution >= 0.6 is 0 Å². The van der Waals surface area contributed by atoms with Crippen LogP contribution in [0.5, 0.6) is 0 Å². The number of halogens is 3. The van der Waals surface area contributed by atoms with Gasteiger partial charge in [-0.3, -0.25) is 0 Å². The first-order valence-electron chi connectivity index (χ1n) is 7.94. The molecule has 2 aromatic rings. The molecular formula is C19H18F3N3O. The van der Waals surface area contributed by atoms with E-state index in [1.54, 1.807) is 29.2 Å². The molecule has 0 heterocycles. The normalized spacial score (nSPS) is 11.1. The van der Waals surface area contributed by atoms with Crippen molar-refractivity contribution in [1.29, 1.82) is 5.26 Å². The Morgan fingerprint density at radius 3 is 2.15 bits per heavy atom. The number of carbonyl (C=O) groups excluding carboxylic acids is 1. The summed E-state index contributed by atoms with van der Waals surface area (Å²) < 4.78 is 37.8. The molecule has 0 aliphatic carbocycles. The lowest BCUT2D eigenvalue weighted by atomic mass is 10.1. The minimum atomic E-state index is -4.41. The van der Waals surface area contributed by atoms with Crippen LogP contribution in [0.1, 0.15) is 30.5 Å². The number of hydrogen-bond donors (Lipinski definition) is 1. The zero-order valence-electron chi connectivity index (χ0n) is 14.3. The van der Waals surface area contributed by atoms with Crippen molar-refractivity contribution >= 4 is 11.7 Å². The van der Waals surface area contributed by atoms with E-state index in [2.05, 4.69) is 5.32 Å². The third-order valence-electron chi connectivity index (χ3n) is 3.78. The fraction of sp³-hybridized carbons (Fsp3) is 0.263. The predicted octanol–water partition coefficient (Wildman–Crippen LogP) is 5.02. The summed E-state index contributed by atoms with van der Waals surface area (Å²) in [7, 11) is 0. The van der Waals surface area contributed by atoms with E-state index in [0.29, 0.717) is 12.1 Å². The molecule has 0 aliphatic rings. The van der Waals surface area contributed by atoms with Crippen LogP contribution in [-0.2, 0) is 12.7 Å². The van der Waals surface area contributed by atoms with E-state index in [1.807, 2.05) is 19.9 Å². The average Bonchev–Trinajstić information content (AvgIpc) is 2.59. The van der Waals surface area contributed by atoms with E-state index in [9.17, 15) is 18.0 Å². The molecule has 7 heteroatoms. The summed E-state index contributed by atoms with van der Waals surface area (Å²) in [4.78, 5) is 14.1. The lowest BCUT2D eigenvalue weighted by Crippen LogP contribution is -2.39. The van der Waals surface area contributed by atoms with Crippen molar-refractivity contribution in [2.75, 3.05) is 5.32 Å². The Morgan fingerprint density at radius 1 is 1.12 bits per heavy atom. The van der Waals surface area contributed by atoms with Gasteiger partial charge in [-0.2, -0.15) is 18.4 Å². The number of amides is 2. The van der Waals surface area contributed by atoms with E-state index >= 15 is 0 Å². The number of rotatable bonds is 4. The quantitative estimate of drug-likeness (QED) is 0.831. The largest absolute Gasteiger partial charge is 0.416 e. The number of benzene rings is 2. The third kappa shape index (κ3) is 4.99. The van der Waals surface area contributed by atoms with E-state index in [0.717, 1.165) is 17.7 Å². The van der Waals surface area contributed by atoms with Crippen LogP contribution in [0.15, 0.2) is 48.5 Å². The van der Waals surface area contributed by atoms with Gasteiger partial charge in [-0.1, -0.05) is 12.1 Å². The second-order valence-electron chi connectivity index (χ2n) is 6.04. The van der Waals surface area contributed by atoms with Crippen molar-refractivity contribution < 1.29 is 18.0 Å². The maximum Gasteiger partial charge on any atom is 0.416 e. The van der Waals surface area contributed by atoms with E-state index in [-0.39, 0.29) is 11.7 Å². The zero-order valence-corrected chi connectivity index (χ0v) is 14.3. The zero-order chi connectivity index (χ0) is 19.3. The van der Waals surface area contributed by atoms with Gasteiger partial charge in [0.05, 0.1) is 17.2 Å². The molecule has 0 aromatic heterocycles. The maximum absolute atomic E-state index is 12.6. The molecule has 4 nitrogen and oxygen atoms in total. The van der Waals surface area contributed by atoms with Crippen LogP contribution in [0.4, 0.5) is 23.7 Å². The first kappa shape index (κ1) is 19.3. The van der Waals surface area contributed by atoms with Crippen LogP contribution in [0.3, 0.4) is 0 Å². The molecule has 0 atom stereocenters. The number of carbonyl (C=O) groups is 1. The molecule has 26 heavy (non-hydrogen) atoms. The van der Waals surface area contributed by atoms with Crippen molar-refractivity contribution in [2.24, 2.45) is 0 Å². The summed E-state index contributed by atoms with van der Waals surface area (Å²) in [6.45, 7) is 4.00. The van der Waals surface area contributed by atoms with Gasteiger partial charge < -0.3 is 10.2 Å². The second kappa shape index (κ2) is 7.91. The predicted molar refractivity (Wildman–Crippen MR) is 92.3 cm³/mol. The fourth-order valence-corrected chi connectivity index (χ4v) is 2.31. The van der Waals surface area contributed by atoms with Crippen molar-refractivity contribution in [3.05, 3.63) is 65.2 Å². The van der Waals surface area contributed by atoms with Gasteiger partial charge in [0.25, 0.3) is 0 Å². The summed E-state index contributed by atoms with van der Waals surface area (Å²) in [5.74, 6) is 0. The monoisotopic (exact) mass is 361 g/mol. The van der Waals surface area contributed by atoms with Gasteiger partial charge in [0.1, 0.15) is 0 Å². The number of nitrogens with one attached hydrogen (secondary N) is 1. The summed E-state index contributed by atoms with van der Waals surface area (Å²) in [6, 6.07) is 12.7. The molecule has 0 spiro atoms. The number of nitrogens with zero attached hydrogens (tertiary/aromatic N) is 2. The molecule has 2 aromatic carbocycles. The molecule has 1 N–H and O–H groups in total. The van der Waals surface area contributed by atoms with E-state index in [1.165, 1.54) is 12.1 Å². The minimum absolute atomic E-state index is 0.125.